The van der Waals surface area contributed by atoms with E-state index < -0.39 is 0 Å². The van der Waals surface area contributed by atoms with E-state index in [0.29, 0.717) is 36.4 Å². The topological polar surface area (TPSA) is 97.5 Å². The second-order valence-corrected chi connectivity index (χ2v) is 8.59. The summed E-state index contributed by atoms with van der Waals surface area (Å²) < 4.78 is 5.61. The van der Waals surface area contributed by atoms with E-state index in [1.807, 2.05) is 11.8 Å². The van der Waals surface area contributed by atoms with Crippen LogP contribution >= 0.6 is 11.6 Å². The number of piperidine rings is 1. The second-order valence-electron chi connectivity index (χ2n) is 8.20. The summed E-state index contributed by atoms with van der Waals surface area (Å²) in [4.78, 5) is 30.1. The van der Waals surface area contributed by atoms with E-state index >= 15 is 0 Å². The van der Waals surface area contributed by atoms with Crippen LogP contribution < -0.4 is 10.6 Å². The number of amides is 1. The summed E-state index contributed by atoms with van der Waals surface area (Å²) in [6.45, 7) is 7.68. The van der Waals surface area contributed by atoms with E-state index in [1.165, 1.54) is 0 Å². The van der Waals surface area contributed by atoms with Gasteiger partial charge in [0.15, 0.2) is 5.82 Å². The minimum atomic E-state index is 0.214. The molecule has 166 valence electrons. The molecule has 8 nitrogen and oxygen atoms in total. The molecule has 2 aromatic rings. The number of hydrogen-bond acceptors (Lipinski definition) is 7. The standard InChI is InChI=1S/C22H29ClN6O2/c1-3-21(30)28-6-4-15(5-7-28)17-12-20(29-8-9-31-13-14(29)2)27-22(25-17)16-10-18(23)26-19(24)11-16/h10-12,14-15H,3-9,13H2,1-2H3,(H2,24,26)/t14-/m1/s1. The SMILES string of the molecule is CCC(=O)N1CCC(c2cc(N3CCOC[C@H]3C)nc(-c3cc(N)nc(Cl)c3)n2)CC1. The Balaban J connectivity index is 1.69. The average molecular weight is 445 g/mol. The molecule has 0 bridgehead atoms. The Bertz CT molecular complexity index is 927. The molecule has 2 fully saturated rings. The highest BCUT2D eigenvalue weighted by molar-refractivity contribution is 6.29. The number of carbonyl (C=O) groups is 1. The highest BCUT2D eigenvalue weighted by Gasteiger charge is 2.27. The molecule has 1 atom stereocenters. The maximum absolute atomic E-state index is 12.1. The first-order valence-corrected chi connectivity index (χ1v) is 11.3. The number of hydrogen-bond donors (Lipinski definition) is 1. The molecule has 4 rings (SSSR count). The minimum absolute atomic E-state index is 0.214. The number of halogens is 1. The largest absolute Gasteiger partial charge is 0.384 e. The number of morpholine rings is 1. The Morgan fingerprint density at radius 3 is 2.65 bits per heavy atom. The van der Waals surface area contributed by atoms with E-state index in [4.69, 9.17) is 32.0 Å². The van der Waals surface area contributed by atoms with Crippen LogP contribution in [0.5, 0.6) is 0 Å². The van der Waals surface area contributed by atoms with E-state index in [0.717, 1.165) is 49.6 Å². The lowest BCUT2D eigenvalue weighted by Gasteiger charge is -2.35. The number of carbonyl (C=O) groups excluding carboxylic acids is 1. The zero-order valence-corrected chi connectivity index (χ0v) is 18.8. The van der Waals surface area contributed by atoms with Gasteiger partial charge in [-0.3, -0.25) is 4.79 Å². The smallest absolute Gasteiger partial charge is 0.222 e. The summed E-state index contributed by atoms with van der Waals surface area (Å²) in [5.74, 6) is 2.30. The van der Waals surface area contributed by atoms with Crippen LogP contribution in [-0.4, -0.2) is 64.6 Å². The number of ether oxygens (including phenoxy) is 1. The lowest BCUT2D eigenvalue weighted by atomic mass is 9.92. The molecule has 9 heteroatoms. The summed E-state index contributed by atoms with van der Waals surface area (Å²) in [6, 6.07) is 5.81. The third-order valence-electron chi connectivity index (χ3n) is 6.03. The van der Waals surface area contributed by atoms with E-state index in [-0.39, 0.29) is 17.9 Å². The van der Waals surface area contributed by atoms with Gasteiger partial charge < -0.3 is 20.3 Å². The first kappa shape index (κ1) is 21.8. The number of aromatic nitrogens is 3. The van der Waals surface area contributed by atoms with Crippen LogP contribution in [0, 0.1) is 0 Å². The van der Waals surface area contributed by atoms with Crippen LogP contribution in [0.4, 0.5) is 11.6 Å². The zero-order chi connectivity index (χ0) is 22.0. The van der Waals surface area contributed by atoms with Crippen molar-refractivity contribution in [1.82, 2.24) is 19.9 Å². The van der Waals surface area contributed by atoms with Gasteiger partial charge in [-0.25, -0.2) is 15.0 Å². The lowest BCUT2D eigenvalue weighted by Crippen LogP contribution is -2.44. The van der Waals surface area contributed by atoms with Crippen molar-refractivity contribution >= 4 is 29.1 Å². The number of rotatable bonds is 4. The van der Waals surface area contributed by atoms with Gasteiger partial charge in [-0.2, -0.15) is 0 Å². The molecule has 0 spiro atoms. The highest BCUT2D eigenvalue weighted by atomic mass is 35.5. The molecule has 0 aromatic carbocycles. The molecule has 31 heavy (non-hydrogen) atoms. The Labute approximate surface area is 187 Å². The second kappa shape index (κ2) is 9.36. The van der Waals surface area contributed by atoms with Crippen molar-refractivity contribution in [3.63, 3.8) is 0 Å². The van der Waals surface area contributed by atoms with Gasteiger partial charge in [0.25, 0.3) is 0 Å². The number of nitrogen functional groups attached to an aromatic ring is 1. The van der Waals surface area contributed by atoms with Crippen molar-refractivity contribution in [2.75, 3.05) is 43.5 Å². The molecule has 1 amide bonds. The van der Waals surface area contributed by atoms with Gasteiger partial charge in [-0.15, -0.1) is 0 Å². The third kappa shape index (κ3) is 4.91. The number of nitrogens with two attached hydrogens (primary N) is 1. The molecule has 2 aliphatic rings. The fraction of sp³-hybridized carbons (Fsp3) is 0.545. The summed E-state index contributed by atoms with van der Waals surface area (Å²) in [6.07, 6.45) is 2.32. The Morgan fingerprint density at radius 2 is 1.97 bits per heavy atom. The van der Waals surface area contributed by atoms with Gasteiger partial charge in [-0.05, 0) is 31.9 Å². The van der Waals surface area contributed by atoms with Crippen molar-refractivity contribution in [2.24, 2.45) is 0 Å². The molecular formula is C22H29ClN6O2. The molecule has 2 N–H and O–H groups in total. The average Bonchev–Trinajstić information content (AvgIpc) is 2.78. The van der Waals surface area contributed by atoms with Crippen molar-refractivity contribution < 1.29 is 9.53 Å². The summed E-state index contributed by atoms with van der Waals surface area (Å²) in [7, 11) is 0. The maximum atomic E-state index is 12.1. The summed E-state index contributed by atoms with van der Waals surface area (Å²) >= 11 is 6.15. The summed E-state index contributed by atoms with van der Waals surface area (Å²) in [5, 5.41) is 0.316. The van der Waals surface area contributed by atoms with Gasteiger partial charge in [0.05, 0.1) is 19.3 Å². The van der Waals surface area contributed by atoms with Crippen molar-refractivity contribution in [1.29, 1.82) is 0 Å². The zero-order valence-electron chi connectivity index (χ0n) is 18.1. The molecule has 0 saturated carbocycles. The Kier molecular flexibility index (Phi) is 6.57. The van der Waals surface area contributed by atoms with E-state index in [1.54, 1.807) is 12.1 Å². The predicted molar refractivity (Wildman–Crippen MR) is 121 cm³/mol. The van der Waals surface area contributed by atoms with Crippen LogP contribution in [0.15, 0.2) is 18.2 Å². The van der Waals surface area contributed by atoms with Crippen LogP contribution in [0.1, 0.15) is 44.7 Å². The first-order chi connectivity index (χ1) is 14.9. The third-order valence-corrected chi connectivity index (χ3v) is 6.23. The van der Waals surface area contributed by atoms with Crippen LogP contribution in [-0.2, 0) is 9.53 Å². The van der Waals surface area contributed by atoms with E-state index in [2.05, 4.69) is 22.9 Å². The number of anilines is 2. The van der Waals surface area contributed by atoms with Gasteiger partial charge in [-0.1, -0.05) is 18.5 Å². The molecule has 4 heterocycles. The number of likely N-dealkylation sites (tertiary alicyclic amines) is 1. The molecule has 2 aromatic heterocycles. The lowest BCUT2D eigenvalue weighted by molar-refractivity contribution is -0.131. The monoisotopic (exact) mass is 444 g/mol. The molecule has 0 unspecified atom stereocenters. The van der Waals surface area contributed by atoms with Gasteiger partial charge in [0.1, 0.15) is 16.8 Å². The van der Waals surface area contributed by atoms with Crippen LogP contribution in [0.25, 0.3) is 11.4 Å². The quantitative estimate of drug-likeness (QED) is 0.723. The number of pyridine rings is 1. The van der Waals surface area contributed by atoms with Gasteiger partial charge >= 0.3 is 0 Å². The molecule has 0 radical (unpaired) electrons. The molecule has 0 aliphatic carbocycles. The normalized spacial score (nSPS) is 20.2. The van der Waals surface area contributed by atoms with Crippen molar-refractivity contribution in [3.8, 4) is 11.4 Å². The van der Waals surface area contributed by atoms with Crippen LogP contribution in [0.3, 0.4) is 0 Å². The van der Waals surface area contributed by atoms with Gasteiger partial charge in [0, 0.05) is 49.3 Å². The Morgan fingerprint density at radius 1 is 1.19 bits per heavy atom. The first-order valence-electron chi connectivity index (χ1n) is 10.9. The van der Waals surface area contributed by atoms with Crippen molar-refractivity contribution in [3.05, 3.63) is 29.0 Å². The van der Waals surface area contributed by atoms with Crippen LogP contribution in [0.2, 0.25) is 5.15 Å². The van der Waals surface area contributed by atoms with E-state index in [9.17, 15) is 4.79 Å². The number of nitrogens with zero attached hydrogens (tertiary/aromatic N) is 5. The fourth-order valence-corrected chi connectivity index (χ4v) is 4.52. The highest BCUT2D eigenvalue weighted by Crippen LogP contribution is 2.32. The fourth-order valence-electron chi connectivity index (χ4n) is 4.30. The minimum Gasteiger partial charge on any atom is -0.384 e. The molecular weight excluding hydrogens is 416 g/mol. The van der Waals surface area contributed by atoms with Crippen molar-refractivity contribution in [2.45, 2.75) is 45.1 Å². The maximum Gasteiger partial charge on any atom is 0.222 e. The molecule has 2 aliphatic heterocycles. The molecule has 2 saturated heterocycles. The van der Waals surface area contributed by atoms with Gasteiger partial charge in [0.2, 0.25) is 5.91 Å². The predicted octanol–water partition coefficient (Wildman–Crippen LogP) is 3.12. The summed E-state index contributed by atoms with van der Waals surface area (Å²) in [5.41, 5.74) is 7.67. The Hall–Kier alpha value is -2.45.